The average molecular weight is 297 g/mol. The molecular formula is C17H15NO2S. The van der Waals surface area contributed by atoms with Crippen molar-refractivity contribution in [3.05, 3.63) is 64.4 Å². The van der Waals surface area contributed by atoms with E-state index in [9.17, 15) is 9.90 Å². The molecule has 0 aliphatic rings. The topological polar surface area (TPSA) is 49.3 Å². The lowest BCUT2D eigenvalue weighted by molar-refractivity contribution is -0.119. The molecular weight excluding hydrogens is 282 g/mol. The van der Waals surface area contributed by atoms with Crippen LogP contribution < -0.4 is 5.32 Å². The maximum Gasteiger partial charge on any atom is 0.217 e. The highest BCUT2D eigenvalue weighted by Gasteiger charge is 2.22. The predicted molar refractivity (Wildman–Crippen MR) is 85.6 cm³/mol. The molecule has 4 heteroatoms. The van der Waals surface area contributed by atoms with E-state index in [1.165, 1.54) is 6.92 Å². The summed E-state index contributed by atoms with van der Waals surface area (Å²) in [5.74, 6) is 0.0709. The monoisotopic (exact) mass is 297 g/mol. The standard InChI is InChI=1S/C17H15NO2S/c1-11(19)18-17(15-7-4-10-21-15)16-13-6-3-2-5-12(13)8-9-14(16)20/h2-10,17,20H,1H3,(H,18,19). The maximum absolute atomic E-state index is 11.6. The molecule has 0 saturated carbocycles. The summed E-state index contributed by atoms with van der Waals surface area (Å²) in [5.41, 5.74) is 0.741. The van der Waals surface area contributed by atoms with E-state index in [1.807, 2.05) is 47.8 Å². The minimum atomic E-state index is -0.339. The number of phenolic OH excluding ortho intramolecular Hbond substituents is 1. The largest absolute Gasteiger partial charge is 0.508 e. The van der Waals surface area contributed by atoms with Gasteiger partial charge in [0, 0.05) is 17.4 Å². The third kappa shape index (κ3) is 2.62. The first-order chi connectivity index (χ1) is 10.2. The second kappa shape index (κ2) is 5.58. The molecule has 1 heterocycles. The Morgan fingerprint density at radius 3 is 2.67 bits per heavy atom. The number of rotatable bonds is 3. The Morgan fingerprint density at radius 2 is 1.95 bits per heavy atom. The van der Waals surface area contributed by atoms with E-state index < -0.39 is 0 Å². The Labute approximate surface area is 126 Å². The number of phenols is 1. The van der Waals surface area contributed by atoms with Gasteiger partial charge in [0.1, 0.15) is 5.75 Å². The lowest BCUT2D eigenvalue weighted by atomic mass is 9.96. The number of carbonyl (C=O) groups excluding carboxylic acids is 1. The molecule has 3 nitrogen and oxygen atoms in total. The summed E-state index contributed by atoms with van der Waals surface area (Å²) in [6, 6.07) is 15.0. The Morgan fingerprint density at radius 1 is 1.14 bits per heavy atom. The number of fused-ring (bicyclic) bond motifs is 1. The van der Waals surface area contributed by atoms with Crippen LogP contribution in [0.1, 0.15) is 23.4 Å². The highest BCUT2D eigenvalue weighted by Crippen LogP contribution is 2.37. The highest BCUT2D eigenvalue weighted by molar-refractivity contribution is 7.10. The van der Waals surface area contributed by atoms with Crippen LogP contribution in [-0.4, -0.2) is 11.0 Å². The third-order valence-electron chi connectivity index (χ3n) is 3.41. The van der Waals surface area contributed by atoms with Crippen LogP contribution in [-0.2, 0) is 4.79 Å². The minimum Gasteiger partial charge on any atom is -0.508 e. The number of nitrogens with one attached hydrogen (secondary N) is 1. The summed E-state index contributed by atoms with van der Waals surface area (Å²) < 4.78 is 0. The molecule has 0 aliphatic carbocycles. The van der Waals surface area contributed by atoms with Crippen LogP contribution in [0.2, 0.25) is 0 Å². The molecule has 3 aromatic rings. The van der Waals surface area contributed by atoms with E-state index in [2.05, 4.69) is 5.32 Å². The fourth-order valence-electron chi connectivity index (χ4n) is 2.53. The summed E-state index contributed by atoms with van der Waals surface area (Å²) in [4.78, 5) is 12.6. The van der Waals surface area contributed by atoms with E-state index in [4.69, 9.17) is 0 Å². The quantitative estimate of drug-likeness (QED) is 0.772. The Hall–Kier alpha value is -2.33. The number of aromatic hydroxyl groups is 1. The summed E-state index contributed by atoms with van der Waals surface area (Å²) in [5, 5.41) is 17.2. The van der Waals surface area contributed by atoms with Crippen LogP contribution >= 0.6 is 11.3 Å². The molecule has 1 unspecified atom stereocenters. The van der Waals surface area contributed by atoms with Crippen LogP contribution in [0, 0.1) is 0 Å². The zero-order chi connectivity index (χ0) is 14.8. The van der Waals surface area contributed by atoms with Crippen molar-refractivity contribution in [2.75, 3.05) is 0 Å². The smallest absolute Gasteiger partial charge is 0.217 e. The average Bonchev–Trinajstić information content (AvgIpc) is 2.99. The predicted octanol–water partition coefficient (Wildman–Crippen LogP) is 3.83. The number of amides is 1. The third-order valence-corrected chi connectivity index (χ3v) is 4.35. The number of benzene rings is 2. The van der Waals surface area contributed by atoms with Gasteiger partial charge >= 0.3 is 0 Å². The van der Waals surface area contributed by atoms with E-state index in [-0.39, 0.29) is 17.7 Å². The molecule has 106 valence electrons. The van der Waals surface area contributed by atoms with Gasteiger partial charge in [0.2, 0.25) is 5.91 Å². The first-order valence-electron chi connectivity index (χ1n) is 6.68. The van der Waals surface area contributed by atoms with Crippen molar-refractivity contribution in [1.82, 2.24) is 5.32 Å². The van der Waals surface area contributed by atoms with E-state index in [0.29, 0.717) is 0 Å². The van der Waals surface area contributed by atoms with Gasteiger partial charge in [0.25, 0.3) is 0 Å². The van der Waals surface area contributed by atoms with Gasteiger partial charge in [-0.2, -0.15) is 0 Å². The second-order valence-corrected chi connectivity index (χ2v) is 5.85. The summed E-state index contributed by atoms with van der Waals surface area (Å²) in [6.45, 7) is 1.49. The number of hydrogen-bond acceptors (Lipinski definition) is 3. The Balaban J connectivity index is 2.23. The van der Waals surface area contributed by atoms with Gasteiger partial charge in [-0.05, 0) is 28.3 Å². The minimum absolute atomic E-state index is 0.124. The lowest BCUT2D eigenvalue weighted by Gasteiger charge is -2.20. The van der Waals surface area contributed by atoms with E-state index in [0.717, 1.165) is 21.2 Å². The SMILES string of the molecule is CC(=O)NC(c1cccs1)c1c(O)ccc2ccccc12. The lowest BCUT2D eigenvalue weighted by Crippen LogP contribution is -2.26. The molecule has 1 atom stereocenters. The van der Waals surface area contributed by atoms with E-state index >= 15 is 0 Å². The van der Waals surface area contributed by atoms with Gasteiger partial charge < -0.3 is 10.4 Å². The molecule has 3 rings (SSSR count). The molecule has 2 aromatic carbocycles. The van der Waals surface area contributed by atoms with Crippen LogP contribution in [0.25, 0.3) is 10.8 Å². The van der Waals surface area contributed by atoms with Crippen LogP contribution in [0.4, 0.5) is 0 Å². The van der Waals surface area contributed by atoms with Crippen LogP contribution in [0.15, 0.2) is 53.9 Å². The summed E-state index contributed by atoms with van der Waals surface area (Å²) in [7, 11) is 0. The number of carbonyl (C=O) groups is 1. The molecule has 0 spiro atoms. The fourth-order valence-corrected chi connectivity index (χ4v) is 3.32. The van der Waals surface area contributed by atoms with Crippen LogP contribution in [0.3, 0.4) is 0 Å². The molecule has 2 N–H and O–H groups in total. The summed E-state index contributed by atoms with van der Waals surface area (Å²) in [6.07, 6.45) is 0. The molecule has 21 heavy (non-hydrogen) atoms. The van der Waals surface area contributed by atoms with Gasteiger partial charge in [0.15, 0.2) is 0 Å². The van der Waals surface area contributed by atoms with Gasteiger partial charge in [-0.15, -0.1) is 11.3 Å². The van der Waals surface area contributed by atoms with Gasteiger partial charge in [0.05, 0.1) is 6.04 Å². The van der Waals surface area contributed by atoms with Crippen molar-refractivity contribution in [2.45, 2.75) is 13.0 Å². The first kappa shape index (κ1) is 13.6. The normalized spacial score (nSPS) is 12.2. The molecule has 1 aromatic heterocycles. The van der Waals surface area contributed by atoms with Gasteiger partial charge in [-0.25, -0.2) is 0 Å². The number of thiophene rings is 1. The molecule has 0 saturated heterocycles. The molecule has 0 aliphatic heterocycles. The first-order valence-corrected chi connectivity index (χ1v) is 7.56. The Kier molecular flexibility index (Phi) is 3.62. The zero-order valence-electron chi connectivity index (χ0n) is 11.5. The van der Waals surface area contributed by atoms with Crippen molar-refractivity contribution >= 4 is 28.0 Å². The molecule has 0 radical (unpaired) electrons. The van der Waals surface area contributed by atoms with Gasteiger partial charge in [-0.1, -0.05) is 36.4 Å². The zero-order valence-corrected chi connectivity index (χ0v) is 12.4. The molecule has 1 amide bonds. The fraction of sp³-hybridized carbons (Fsp3) is 0.118. The second-order valence-electron chi connectivity index (χ2n) is 4.87. The van der Waals surface area contributed by atoms with Crippen molar-refractivity contribution in [2.24, 2.45) is 0 Å². The Bertz CT molecular complexity index is 781. The molecule has 0 fully saturated rings. The maximum atomic E-state index is 11.6. The highest BCUT2D eigenvalue weighted by atomic mass is 32.1. The van der Waals surface area contributed by atoms with Crippen molar-refractivity contribution in [1.29, 1.82) is 0 Å². The van der Waals surface area contributed by atoms with Gasteiger partial charge in [-0.3, -0.25) is 4.79 Å². The van der Waals surface area contributed by atoms with E-state index in [1.54, 1.807) is 17.4 Å². The molecule has 0 bridgehead atoms. The van der Waals surface area contributed by atoms with Crippen molar-refractivity contribution in [3.8, 4) is 5.75 Å². The van der Waals surface area contributed by atoms with Crippen LogP contribution in [0.5, 0.6) is 5.75 Å². The number of hydrogen-bond donors (Lipinski definition) is 2. The summed E-state index contributed by atoms with van der Waals surface area (Å²) >= 11 is 1.56. The van der Waals surface area contributed by atoms with Crippen molar-refractivity contribution < 1.29 is 9.90 Å². The van der Waals surface area contributed by atoms with Crippen molar-refractivity contribution in [3.63, 3.8) is 0 Å².